The summed E-state index contributed by atoms with van der Waals surface area (Å²) in [7, 11) is 0. The summed E-state index contributed by atoms with van der Waals surface area (Å²) in [6.07, 6.45) is 6.28. The first-order valence-corrected chi connectivity index (χ1v) is 34.1. The highest BCUT2D eigenvalue weighted by Gasteiger charge is 2.31. The highest BCUT2D eigenvalue weighted by atomic mass is 35.5. The molecule has 3 N–H and O–H groups in total. The van der Waals surface area contributed by atoms with Crippen molar-refractivity contribution >= 4 is 98.8 Å². The number of carbonyl (C=O) groups is 3. The van der Waals surface area contributed by atoms with Gasteiger partial charge in [0.15, 0.2) is 18.5 Å². The molecule has 5 aliphatic heterocycles. The maximum absolute atomic E-state index is 13.2. The molecule has 0 saturated carbocycles. The van der Waals surface area contributed by atoms with Gasteiger partial charge in [0.1, 0.15) is 15.1 Å². The summed E-state index contributed by atoms with van der Waals surface area (Å²) >= 11 is 18.7. The Balaban J connectivity index is 0.000000172. The third kappa shape index (κ3) is 21.1. The fourth-order valence-electron chi connectivity index (χ4n) is 11.3. The number of nitrogens with one attached hydrogen (secondary N) is 3. The molecular weight excluding hydrogens is 1330 g/mol. The van der Waals surface area contributed by atoms with E-state index in [1.54, 1.807) is 39.4 Å². The molecule has 0 radical (unpaired) electrons. The molecule has 3 unspecified atom stereocenters. The van der Waals surface area contributed by atoms with Gasteiger partial charge in [-0.25, -0.2) is 34.7 Å². The van der Waals surface area contributed by atoms with Gasteiger partial charge in [0, 0.05) is 102 Å². The van der Waals surface area contributed by atoms with Gasteiger partial charge in [-0.05, 0) is 126 Å². The number of halogens is 6. The highest BCUT2D eigenvalue weighted by molar-refractivity contribution is 6.32. The van der Waals surface area contributed by atoms with Crippen LogP contribution in [0.4, 0.5) is 59.5 Å². The maximum Gasteiger partial charge on any atom is 0.319 e. The number of rotatable bonds is 21. The lowest BCUT2D eigenvalue weighted by atomic mass is 9.97. The summed E-state index contributed by atoms with van der Waals surface area (Å²) in [4.78, 5) is 74.1. The van der Waals surface area contributed by atoms with Crippen LogP contribution in [0.5, 0.6) is 17.6 Å². The molecule has 5 fully saturated rings. The van der Waals surface area contributed by atoms with Crippen LogP contribution < -0.4 is 40.0 Å². The van der Waals surface area contributed by atoms with E-state index in [1.807, 2.05) is 31.2 Å². The molecule has 0 spiro atoms. The molecule has 25 nitrogen and oxygen atoms in total. The summed E-state index contributed by atoms with van der Waals surface area (Å²) in [6.45, 7) is 27.4. The van der Waals surface area contributed by atoms with E-state index in [0.29, 0.717) is 110 Å². The zero-order valence-corrected chi connectivity index (χ0v) is 58.2. The number of hydrogen-bond donors (Lipinski definition) is 3. The van der Waals surface area contributed by atoms with E-state index in [9.17, 15) is 27.6 Å². The lowest BCUT2D eigenvalue weighted by Gasteiger charge is -2.32. The summed E-state index contributed by atoms with van der Waals surface area (Å²) < 4.78 is 69.7. The number of ether oxygens (including phenoxy) is 5. The van der Waals surface area contributed by atoms with E-state index < -0.39 is 41.9 Å². The number of benzene rings is 2. The molecule has 2 aromatic carbocycles. The molecule has 11 rings (SSSR count). The number of likely N-dealkylation sites (tertiary alicyclic amines) is 3. The van der Waals surface area contributed by atoms with Gasteiger partial charge in [-0.2, -0.15) is 24.7 Å². The monoisotopic (exact) mass is 1420 g/mol. The number of alkyl halides is 3. The van der Waals surface area contributed by atoms with Crippen molar-refractivity contribution in [3.63, 3.8) is 0 Å². The normalized spacial score (nSPS) is 17.4. The van der Waals surface area contributed by atoms with E-state index in [4.69, 9.17) is 65.1 Å². The van der Waals surface area contributed by atoms with Gasteiger partial charge in [0.25, 0.3) is 17.7 Å². The molecule has 4 aromatic heterocycles. The Morgan fingerprint density at radius 2 is 0.949 bits per heavy atom. The van der Waals surface area contributed by atoms with Crippen LogP contribution in [-0.2, 0) is 29.5 Å². The molecule has 6 aromatic rings. The number of anilines is 8. The van der Waals surface area contributed by atoms with E-state index in [1.165, 1.54) is 39.4 Å². The average Bonchev–Trinajstić information content (AvgIpc) is 1.71. The van der Waals surface area contributed by atoms with Gasteiger partial charge in [-0.1, -0.05) is 40.9 Å². The smallest absolute Gasteiger partial charge is 0.319 e. The molecule has 98 heavy (non-hydrogen) atoms. The van der Waals surface area contributed by atoms with Gasteiger partial charge < -0.3 is 64.1 Å². The Bertz CT molecular complexity index is 3630. The molecule has 31 heteroatoms. The first-order chi connectivity index (χ1) is 47.1. The number of amides is 3. The number of carbonyl (C=O) groups excluding carboxylic acids is 3. The predicted molar refractivity (Wildman–Crippen MR) is 369 cm³/mol. The van der Waals surface area contributed by atoms with Crippen LogP contribution in [0.3, 0.4) is 0 Å². The molecule has 3 amide bonds. The van der Waals surface area contributed by atoms with Crippen LogP contribution in [-0.4, -0.2) is 202 Å². The van der Waals surface area contributed by atoms with E-state index >= 15 is 0 Å². The standard InChI is InChI=1S/2C23H29ClFN5O3.C21H27ClFN7O2/c1-16(25)22(31)30-8-6-17(7-9-30)15-33-21-20(24)14-26-23(28-21)27-18-2-4-19(5-3-18)29-10-12-32-13-11-29;1-16(25)22(31)30-7-5-17(6-8-30)15-33-21-20(24)14-26-23(28-21)27-18-3-2-4-19(13-18)29-9-11-32-12-10-29;1-13(23)19(31)29-8-6-15(7-9-29)12-32-18-16(22)10-25-20(27-18)26-17-11-30(28-14(17)2)21(3,4)24-5/h2-5,14,16-17H,6-13,15H2,1H3,(H,26,27,28);2-4,13-14,16-17H,5-12,15H2,1H3,(H,26,27,28);10-11,13,15H,6-9,12H2,1-4H3,(H,25,26,27). The fraction of sp³-hybridized carbons (Fsp3) is 0.537. The van der Waals surface area contributed by atoms with E-state index in [-0.39, 0.29) is 28.7 Å². The molecule has 0 aliphatic carbocycles. The number of aromatic nitrogens is 8. The average molecular weight is 1420 g/mol. The van der Waals surface area contributed by atoms with Gasteiger partial charge >= 0.3 is 5.66 Å². The zero-order chi connectivity index (χ0) is 69.9. The first kappa shape index (κ1) is 74.0. The Morgan fingerprint density at radius 1 is 0.571 bits per heavy atom. The quantitative estimate of drug-likeness (QED) is 0.0567. The van der Waals surface area contributed by atoms with Crippen molar-refractivity contribution in [2.75, 3.05) is 137 Å². The number of piperidine rings is 3. The van der Waals surface area contributed by atoms with Crippen molar-refractivity contribution in [1.29, 1.82) is 0 Å². The van der Waals surface area contributed by atoms with Gasteiger partial charge in [-0.3, -0.25) is 19.2 Å². The molecular formula is C67H85Cl3F3N17O8. The molecule has 5 saturated heterocycles. The van der Waals surface area contributed by atoms with Crippen molar-refractivity contribution in [1.82, 2.24) is 54.4 Å². The largest absolute Gasteiger partial charge is 0.476 e. The maximum atomic E-state index is 13.2. The molecule has 9 heterocycles. The van der Waals surface area contributed by atoms with Crippen molar-refractivity contribution in [3.05, 3.63) is 105 Å². The summed E-state index contributed by atoms with van der Waals surface area (Å²) in [6, 6.07) is 16.1. The number of aryl methyl sites for hydroxylation is 1. The number of hydrogen-bond acceptors (Lipinski definition) is 20. The number of nitrogens with zero attached hydrogens (tertiary/aromatic N) is 14. The molecule has 3 atom stereocenters. The lowest BCUT2D eigenvalue weighted by Crippen LogP contribution is -2.42. The van der Waals surface area contributed by atoms with Crippen LogP contribution >= 0.6 is 34.8 Å². The Morgan fingerprint density at radius 3 is 1.34 bits per heavy atom. The minimum atomic E-state index is -1.48. The third-order valence-electron chi connectivity index (χ3n) is 17.3. The van der Waals surface area contributed by atoms with Gasteiger partial charge in [0.05, 0.1) is 82.4 Å². The van der Waals surface area contributed by atoms with Crippen molar-refractivity contribution < 1.29 is 51.2 Å². The topological polar surface area (TPSA) is 249 Å². The minimum absolute atomic E-state index is 0.215. The van der Waals surface area contributed by atoms with Crippen molar-refractivity contribution in [2.24, 2.45) is 17.8 Å². The second-order valence-corrected chi connectivity index (χ2v) is 26.2. The van der Waals surface area contributed by atoms with E-state index in [0.717, 1.165) is 114 Å². The third-order valence-corrected chi connectivity index (χ3v) is 18.0. The van der Waals surface area contributed by atoms with Crippen LogP contribution in [0, 0.1) is 31.2 Å². The Kier molecular flexibility index (Phi) is 26.8. The SMILES string of the molecule is CC(F)C(=O)N1CCC(COc2nc(Nc3ccc(N4CCOCC4)cc3)ncc2Cl)CC1.CC(F)C(=O)N1CCC(COc2nc(Nc3cccc(N4CCOCC4)c3)ncc2Cl)CC1.[C-]#[N+]C(C)(C)n1cc(Nc2ncc(Cl)c(OCC3CCN(C(=O)C(C)F)CC3)n2)c(C)n1. The lowest BCUT2D eigenvalue weighted by molar-refractivity contribution is -0.138. The van der Waals surface area contributed by atoms with Crippen LogP contribution in [0.1, 0.15) is 78.8 Å². The highest BCUT2D eigenvalue weighted by Crippen LogP contribution is 2.32. The van der Waals surface area contributed by atoms with Gasteiger partial charge in [0.2, 0.25) is 35.5 Å². The second kappa shape index (κ2) is 35.5. The van der Waals surface area contributed by atoms with E-state index in [2.05, 4.69) is 89.9 Å². The fourth-order valence-corrected chi connectivity index (χ4v) is 11.8. The van der Waals surface area contributed by atoms with Crippen molar-refractivity contribution in [3.8, 4) is 17.6 Å². The minimum Gasteiger partial charge on any atom is -0.476 e. The summed E-state index contributed by atoms with van der Waals surface area (Å²) in [5, 5.41) is 14.9. The van der Waals surface area contributed by atoms with Crippen molar-refractivity contribution in [2.45, 2.75) is 104 Å². The first-order valence-electron chi connectivity index (χ1n) is 33.0. The zero-order valence-electron chi connectivity index (χ0n) is 56.0. The van der Waals surface area contributed by atoms with Crippen LogP contribution in [0.15, 0.2) is 73.3 Å². The Labute approximate surface area is 584 Å². The molecule has 528 valence electrons. The predicted octanol–water partition coefficient (Wildman–Crippen LogP) is 11.3. The van der Waals surface area contributed by atoms with Gasteiger partial charge in [-0.15, -0.1) is 0 Å². The Hall–Kier alpha value is -8.23. The summed E-state index contributed by atoms with van der Waals surface area (Å²) in [5.41, 5.74) is 4.56. The summed E-state index contributed by atoms with van der Waals surface area (Å²) in [5.74, 6) is 1.34. The van der Waals surface area contributed by atoms with Crippen LogP contribution in [0.25, 0.3) is 4.85 Å². The number of morpholine rings is 2. The molecule has 5 aliphatic rings. The van der Waals surface area contributed by atoms with Crippen LogP contribution in [0.2, 0.25) is 15.1 Å². The second-order valence-electron chi connectivity index (χ2n) is 25.0. The molecule has 0 bridgehead atoms.